The van der Waals surface area contributed by atoms with Crippen molar-refractivity contribution in [3.8, 4) is 0 Å². The summed E-state index contributed by atoms with van der Waals surface area (Å²) in [4.78, 5) is 14.2. The molecule has 0 bridgehead atoms. The highest BCUT2D eigenvalue weighted by molar-refractivity contribution is 7.91. The predicted octanol–water partition coefficient (Wildman–Crippen LogP) is -0.897. The number of carbonyl (C=O) groups excluding carboxylic acids is 1. The van der Waals surface area contributed by atoms with Crippen molar-refractivity contribution in [2.75, 3.05) is 31.1 Å². The van der Waals surface area contributed by atoms with Gasteiger partial charge in [0, 0.05) is 25.7 Å². The van der Waals surface area contributed by atoms with E-state index in [1.807, 2.05) is 0 Å². The van der Waals surface area contributed by atoms with Crippen molar-refractivity contribution in [3.63, 3.8) is 0 Å². The highest BCUT2D eigenvalue weighted by atomic mass is 32.2. The van der Waals surface area contributed by atoms with E-state index in [-0.39, 0.29) is 17.4 Å². The molecule has 2 saturated carbocycles. The second-order valence-corrected chi connectivity index (χ2v) is 8.76. The van der Waals surface area contributed by atoms with Crippen LogP contribution in [0.3, 0.4) is 0 Å². The van der Waals surface area contributed by atoms with Crippen LogP contribution in [0.15, 0.2) is 0 Å². The van der Waals surface area contributed by atoms with Crippen LogP contribution in [0, 0.1) is 5.92 Å². The summed E-state index contributed by atoms with van der Waals surface area (Å²) < 4.78 is 23.0. The van der Waals surface area contributed by atoms with Gasteiger partial charge in [0.05, 0.1) is 11.5 Å². The SMILES string of the molecule is NC(=O)C(CN1CCS(=O)(=O)CC1)(NC1CC1)C1CC1. The third kappa shape index (κ3) is 2.99. The predicted molar refractivity (Wildman–Crippen MR) is 75.9 cm³/mol. The number of hydrogen-bond donors (Lipinski definition) is 2. The third-order valence-electron chi connectivity index (χ3n) is 4.66. The molecule has 3 aliphatic rings. The average molecular weight is 301 g/mol. The van der Waals surface area contributed by atoms with Crippen molar-refractivity contribution in [3.05, 3.63) is 0 Å². The second kappa shape index (κ2) is 4.96. The van der Waals surface area contributed by atoms with E-state index in [4.69, 9.17) is 5.73 Å². The first-order valence-corrected chi connectivity index (χ1v) is 9.24. The largest absolute Gasteiger partial charge is 0.368 e. The maximum atomic E-state index is 12.1. The van der Waals surface area contributed by atoms with Crippen LogP contribution < -0.4 is 11.1 Å². The van der Waals surface area contributed by atoms with E-state index in [2.05, 4.69) is 10.2 Å². The van der Waals surface area contributed by atoms with E-state index < -0.39 is 15.4 Å². The molecule has 0 spiro atoms. The number of rotatable bonds is 6. The lowest BCUT2D eigenvalue weighted by molar-refractivity contribution is -0.126. The van der Waals surface area contributed by atoms with E-state index in [0.717, 1.165) is 25.7 Å². The van der Waals surface area contributed by atoms with Crippen molar-refractivity contribution in [1.29, 1.82) is 0 Å². The summed E-state index contributed by atoms with van der Waals surface area (Å²) >= 11 is 0. The number of nitrogens with one attached hydrogen (secondary N) is 1. The molecule has 0 aromatic rings. The quantitative estimate of drug-likeness (QED) is 0.663. The van der Waals surface area contributed by atoms with Gasteiger partial charge < -0.3 is 5.73 Å². The fraction of sp³-hybridized carbons (Fsp3) is 0.923. The summed E-state index contributed by atoms with van der Waals surface area (Å²) in [5.74, 6) is 0.422. The van der Waals surface area contributed by atoms with Gasteiger partial charge in [0.15, 0.2) is 9.84 Å². The fourth-order valence-corrected chi connectivity index (χ4v) is 4.35. The molecule has 7 heteroatoms. The molecule has 6 nitrogen and oxygen atoms in total. The molecule has 2 aliphatic carbocycles. The Morgan fingerprint density at radius 2 is 1.80 bits per heavy atom. The molecule has 3 fully saturated rings. The molecule has 1 unspecified atom stereocenters. The summed E-state index contributed by atoms with van der Waals surface area (Å²) in [7, 11) is -2.89. The minimum Gasteiger partial charge on any atom is -0.368 e. The van der Waals surface area contributed by atoms with Gasteiger partial charge in [-0.2, -0.15) is 0 Å². The fourth-order valence-electron chi connectivity index (χ4n) is 3.07. The Morgan fingerprint density at radius 3 is 2.25 bits per heavy atom. The normalized spacial score (nSPS) is 29.8. The molecule has 20 heavy (non-hydrogen) atoms. The smallest absolute Gasteiger partial charge is 0.239 e. The average Bonchev–Trinajstić information content (AvgIpc) is 3.24. The molecule has 0 radical (unpaired) electrons. The molecule has 0 aromatic heterocycles. The van der Waals surface area contributed by atoms with E-state index in [0.29, 0.717) is 31.6 Å². The number of nitrogens with zero attached hydrogens (tertiary/aromatic N) is 1. The first-order valence-electron chi connectivity index (χ1n) is 7.42. The van der Waals surface area contributed by atoms with Crippen LogP contribution in [0.1, 0.15) is 25.7 Å². The lowest BCUT2D eigenvalue weighted by atomic mass is 9.91. The van der Waals surface area contributed by atoms with Gasteiger partial charge in [-0.15, -0.1) is 0 Å². The highest BCUT2D eigenvalue weighted by Crippen LogP contribution is 2.42. The Bertz CT molecular complexity index is 485. The molecule has 1 saturated heterocycles. The molecular weight excluding hydrogens is 278 g/mol. The topological polar surface area (TPSA) is 92.5 Å². The minimum atomic E-state index is -2.89. The summed E-state index contributed by atoms with van der Waals surface area (Å²) in [5, 5.41) is 3.47. The summed E-state index contributed by atoms with van der Waals surface area (Å²) in [6.07, 6.45) is 4.29. The Hall–Kier alpha value is -0.660. The van der Waals surface area contributed by atoms with Gasteiger partial charge in [0.25, 0.3) is 0 Å². The molecule has 0 aromatic carbocycles. The van der Waals surface area contributed by atoms with Crippen LogP contribution in [0.25, 0.3) is 0 Å². The van der Waals surface area contributed by atoms with Gasteiger partial charge in [-0.1, -0.05) is 0 Å². The number of hydrogen-bond acceptors (Lipinski definition) is 5. The van der Waals surface area contributed by atoms with E-state index in [9.17, 15) is 13.2 Å². The number of sulfone groups is 1. The van der Waals surface area contributed by atoms with Crippen molar-refractivity contribution >= 4 is 15.7 Å². The maximum absolute atomic E-state index is 12.1. The van der Waals surface area contributed by atoms with Crippen LogP contribution in [-0.2, 0) is 14.6 Å². The first-order chi connectivity index (χ1) is 9.41. The van der Waals surface area contributed by atoms with Crippen molar-refractivity contribution < 1.29 is 13.2 Å². The Balaban J connectivity index is 1.71. The Morgan fingerprint density at radius 1 is 1.20 bits per heavy atom. The maximum Gasteiger partial charge on any atom is 0.239 e. The van der Waals surface area contributed by atoms with Crippen molar-refractivity contribution in [2.24, 2.45) is 11.7 Å². The lowest BCUT2D eigenvalue weighted by Crippen LogP contribution is -2.64. The standard InChI is InChI=1S/C13H23N3O3S/c14-12(17)13(10-1-2-10,15-11-3-4-11)9-16-5-7-20(18,19)8-6-16/h10-11,15H,1-9H2,(H2,14,17). The van der Waals surface area contributed by atoms with Crippen molar-refractivity contribution in [1.82, 2.24) is 10.2 Å². The van der Waals surface area contributed by atoms with Gasteiger partial charge in [-0.25, -0.2) is 8.42 Å². The molecular formula is C13H23N3O3S. The zero-order valence-electron chi connectivity index (χ0n) is 11.7. The summed E-state index contributed by atoms with van der Waals surface area (Å²) in [5.41, 5.74) is 5.06. The lowest BCUT2D eigenvalue weighted by Gasteiger charge is -2.38. The molecule has 1 aliphatic heterocycles. The van der Waals surface area contributed by atoms with Crippen LogP contribution >= 0.6 is 0 Å². The summed E-state index contributed by atoms with van der Waals surface area (Å²) in [6, 6.07) is 0.414. The molecule has 3 rings (SSSR count). The molecule has 3 N–H and O–H groups in total. The summed E-state index contributed by atoms with van der Waals surface area (Å²) in [6.45, 7) is 1.58. The van der Waals surface area contributed by atoms with Gasteiger partial charge in [0.2, 0.25) is 5.91 Å². The highest BCUT2D eigenvalue weighted by Gasteiger charge is 2.52. The van der Waals surface area contributed by atoms with Crippen LogP contribution in [-0.4, -0.2) is 61.9 Å². The van der Waals surface area contributed by atoms with Crippen LogP contribution in [0.2, 0.25) is 0 Å². The Kier molecular flexibility index (Phi) is 3.54. The van der Waals surface area contributed by atoms with Crippen molar-refractivity contribution in [2.45, 2.75) is 37.3 Å². The molecule has 1 heterocycles. The Labute approximate surface area is 120 Å². The zero-order chi connectivity index (χ0) is 14.4. The number of primary amides is 1. The van der Waals surface area contributed by atoms with Crippen LogP contribution in [0.5, 0.6) is 0 Å². The van der Waals surface area contributed by atoms with Gasteiger partial charge in [-0.05, 0) is 31.6 Å². The third-order valence-corrected chi connectivity index (χ3v) is 6.27. The number of nitrogens with two attached hydrogens (primary N) is 1. The number of carbonyl (C=O) groups is 1. The number of amides is 1. The van der Waals surface area contributed by atoms with Gasteiger partial charge >= 0.3 is 0 Å². The van der Waals surface area contributed by atoms with E-state index in [1.54, 1.807) is 0 Å². The minimum absolute atomic E-state index is 0.190. The zero-order valence-corrected chi connectivity index (χ0v) is 12.5. The van der Waals surface area contributed by atoms with Gasteiger partial charge in [-0.3, -0.25) is 15.0 Å². The molecule has 1 amide bonds. The van der Waals surface area contributed by atoms with E-state index in [1.165, 1.54) is 0 Å². The van der Waals surface area contributed by atoms with E-state index >= 15 is 0 Å². The second-order valence-electron chi connectivity index (χ2n) is 6.46. The molecule has 114 valence electrons. The molecule has 1 atom stereocenters. The van der Waals surface area contributed by atoms with Gasteiger partial charge in [0.1, 0.15) is 5.54 Å². The first kappa shape index (κ1) is 14.3. The van der Waals surface area contributed by atoms with Crippen LogP contribution in [0.4, 0.5) is 0 Å². The monoisotopic (exact) mass is 301 g/mol.